The zero-order valence-electron chi connectivity index (χ0n) is 10.6. The van der Waals surface area contributed by atoms with Gasteiger partial charge in [0.2, 0.25) is 0 Å². The number of rotatable bonds is 5. The largest absolute Gasteiger partial charge is 0.507 e. The number of hydrogen-bond acceptors (Lipinski definition) is 3. The maximum atomic E-state index is 9.86. The van der Waals surface area contributed by atoms with Gasteiger partial charge in [-0.25, -0.2) is 0 Å². The maximum Gasteiger partial charge on any atom is 0.123 e. The van der Waals surface area contributed by atoms with Crippen LogP contribution in [0.3, 0.4) is 0 Å². The Kier molecular flexibility index (Phi) is 3.57. The van der Waals surface area contributed by atoms with Gasteiger partial charge in [0.05, 0.1) is 7.11 Å². The van der Waals surface area contributed by atoms with Gasteiger partial charge in [-0.2, -0.15) is 0 Å². The molecule has 1 aliphatic carbocycles. The van der Waals surface area contributed by atoms with Crippen LogP contribution in [-0.2, 0) is 6.54 Å². The number of ether oxygens (including phenoxy) is 1. The fourth-order valence-corrected chi connectivity index (χ4v) is 2.36. The number of methoxy groups -OCH3 is 1. The molecule has 0 aliphatic heterocycles. The van der Waals surface area contributed by atoms with Crippen molar-refractivity contribution in [1.82, 2.24) is 5.32 Å². The van der Waals surface area contributed by atoms with Crippen LogP contribution in [0.15, 0.2) is 18.2 Å². The molecule has 0 spiro atoms. The quantitative estimate of drug-likeness (QED) is 0.824. The Hall–Kier alpha value is -1.22. The number of phenolic OH excluding ortho intramolecular Hbond substituents is 1. The van der Waals surface area contributed by atoms with Crippen LogP contribution in [0.2, 0.25) is 0 Å². The normalized spacial score (nSPS) is 17.5. The highest BCUT2D eigenvalue weighted by Gasteiger charge is 2.34. The van der Waals surface area contributed by atoms with Gasteiger partial charge < -0.3 is 15.2 Å². The van der Waals surface area contributed by atoms with E-state index in [1.54, 1.807) is 13.2 Å². The Labute approximate surface area is 103 Å². The van der Waals surface area contributed by atoms with Crippen LogP contribution < -0.4 is 10.1 Å². The molecule has 1 aliphatic rings. The Morgan fingerprint density at radius 2 is 2.18 bits per heavy atom. The number of hydrogen-bond donors (Lipinski definition) is 2. The second-order valence-electron chi connectivity index (χ2n) is 4.84. The monoisotopic (exact) mass is 235 g/mol. The van der Waals surface area contributed by atoms with Gasteiger partial charge in [0.15, 0.2) is 0 Å². The molecule has 0 atom stereocenters. The van der Waals surface area contributed by atoms with Crippen molar-refractivity contribution in [2.24, 2.45) is 0 Å². The van der Waals surface area contributed by atoms with Crippen LogP contribution in [0.1, 0.15) is 38.2 Å². The first-order valence-electron chi connectivity index (χ1n) is 6.30. The van der Waals surface area contributed by atoms with Gasteiger partial charge in [0, 0.05) is 23.7 Å². The Morgan fingerprint density at radius 1 is 1.41 bits per heavy atom. The number of phenols is 1. The van der Waals surface area contributed by atoms with E-state index in [1.807, 2.05) is 12.1 Å². The summed E-state index contributed by atoms with van der Waals surface area (Å²) >= 11 is 0. The van der Waals surface area contributed by atoms with Crippen LogP contribution in [0.4, 0.5) is 0 Å². The Balaban J connectivity index is 1.99. The molecule has 1 fully saturated rings. The van der Waals surface area contributed by atoms with Crippen molar-refractivity contribution in [3.8, 4) is 11.5 Å². The fourth-order valence-electron chi connectivity index (χ4n) is 2.36. The van der Waals surface area contributed by atoms with Gasteiger partial charge >= 0.3 is 0 Å². The van der Waals surface area contributed by atoms with E-state index in [-0.39, 0.29) is 0 Å². The minimum Gasteiger partial charge on any atom is -0.507 e. The molecule has 0 unspecified atom stereocenters. The molecule has 0 radical (unpaired) electrons. The van der Waals surface area contributed by atoms with Crippen molar-refractivity contribution in [2.75, 3.05) is 7.11 Å². The molecule has 1 aromatic carbocycles. The fraction of sp³-hybridized carbons (Fsp3) is 0.571. The lowest BCUT2D eigenvalue weighted by atomic mass is 9.75. The van der Waals surface area contributed by atoms with Crippen LogP contribution in [-0.4, -0.2) is 17.8 Å². The van der Waals surface area contributed by atoms with Crippen molar-refractivity contribution in [3.63, 3.8) is 0 Å². The summed E-state index contributed by atoms with van der Waals surface area (Å²) in [5, 5.41) is 13.4. The number of benzene rings is 1. The second-order valence-corrected chi connectivity index (χ2v) is 4.84. The lowest BCUT2D eigenvalue weighted by Crippen LogP contribution is -2.49. The predicted molar refractivity (Wildman–Crippen MR) is 68.4 cm³/mol. The van der Waals surface area contributed by atoms with Crippen LogP contribution >= 0.6 is 0 Å². The smallest absolute Gasteiger partial charge is 0.123 e. The molecule has 0 bridgehead atoms. The molecule has 0 heterocycles. The third kappa shape index (κ3) is 2.55. The average molecular weight is 235 g/mol. The van der Waals surface area contributed by atoms with Gasteiger partial charge in [-0.15, -0.1) is 0 Å². The zero-order valence-corrected chi connectivity index (χ0v) is 10.6. The second kappa shape index (κ2) is 4.96. The molecule has 94 valence electrons. The predicted octanol–water partition coefficient (Wildman–Crippen LogP) is 2.82. The van der Waals surface area contributed by atoms with E-state index in [1.165, 1.54) is 19.3 Å². The molecule has 0 saturated heterocycles. The van der Waals surface area contributed by atoms with E-state index < -0.39 is 0 Å². The lowest BCUT2D eigenvalue weighted by molar-refractivity contribution is 0.175. The number of aromatic hydroxyl groups is 1. The Morgan fingerprint density at radius 3 is 2.65 bits per heavy atom. The van der Waals surface area contributed by atoms with Gasteiger partial charge in [-0.3, -0.25) is 0 Å². The summed E-state index contributed by atoms with van der Waals surface area (Å²) in [5.41, 5.74) is 1.25. The van der Waals surface area contributed by atoms with E-state index in [0.717, 1.165) is 18.5 Å². The molecule has 0 aromatic heterocycles. The Bertz CT molecular complexity index is 380. The third-order valence-electron chi connectivity index (χ3n) is 3.93. The zero-order chi connectivity index (χ0) is 12.3. The van der Waals surface area contributed by atoms with Gasteiger partial charge in [0.1, 0.15) is 11.5 Å². The molecule has 2 N–H and O–H groups in total. The SMILES string of the molecule is CCC1(NCc2ccc(OC)cc2O)CCC1. The van der Waals surface area contributed by atoms with Crippen molar-refractivity contribution < 1.29 is 9.84 Å². The summed E-state index contributed by atoms with van der Waals surface area (Å²) in [6.07, 6.45) is 4.97. The molecule has 3 nitrogen and oxygen atoms in total. The highest BCUT2D eigenvalue weighted by atomic mass is 16.5. The molecular formula is C14H21NO2. The third-order valence-corrected chi connectivity index (χ3v) is 3.93. The molecule has 1 aromatic rings. The van der Waals surface area contributed by atoms with Crippen LogP contribution in [0.25, 0.3) is 0 Å². The van der Waals surface area contributed by atoms with Gasteiger partial charge in [-0.1, -0.05) is 13.0 Å². The molecule has 0 amide bonds. The molecule has 17 heavy (non-hydrogen) atoms. The van der Waals surface area contributed by atoms with Crippen molar-refractivity contribution in [1.29, 1.82) is 0 Å². The first-order chi connectivity index (χ1) is 8.19. The minimum atomic E-state index is 0.308. The van der Waals surface area contributed by atoms with E-state index in [4.69, 9.17) is 4.74 Å². The topological polar surface area (TPSA) is 41.5 Å². The van der Waals surface area contributed by atoms with E-state index in [9.17, 15) is 5.11 Å². The van der Waals surface area contributed by atoms with Crippen molar-refractivity contribution in [2.45, 2.75) is 44.7 Å². The summed E-state index contributed by atoms with van der Waals surface area (Å²) in [6.45, 7) is 2.95. The summed E-state index contributed by atoms with van der Waals surface area (Å²) in [4.78, 5) is 0. The highest BCUT2D eigenvalue weighted by molar-refractivity contribution is 5.39. The summed E-state index contributed by atoms with van der Waals surface area (Å²) in [5.74, 6) is 1.00. The van der Waals surface area contributed by atoms with Crippen LogP contribution in [0, 0.1) is 0 Å². The average Bonchev–Trinajstić information content (AvgIpc) is 2.30. The standard InChI is InChI=1S/C14H21NO2/c1-3-14(7-4-8-14)15-10-11-5-6-12(17-2)9-13(11)16/h5-6,9,15-16H,3-4,7-8,10H2,1-2H3. The molecule has 1 saturated carbocycles. The highest BCUT2D eigenvalue weighted by Crippen LogP contribution is 2.35. The van der Waals surface area contributed by atoms with E-state index >= 15 is 0 Å². The van der Waals surface area contributed by atoms with Crippen molar-refractivity contribution >= 4 is 0 Å². The molecular weight excluding hydrogens is 214 g/mol. The summed E-state index contributed by atoms with van der Waals surface area (Å²) in [7, 11) is 1.60. The van der Waals surface area contributed by atoms with Crippen LogP contribution in [0.5, 0.6) is 11.5 Å². The minimum absolute atomic E-state index is 0.308. The van der Waals surface area contributed by atoms with Gasteiger partial charge in [-0.05, 0) is 31.7 Å². The van der Waals surface area contributed by atoms with Crippen molar-refractivity contribution in [3.05, 3.63) is 23.8 Å². The lowest BCUT2D eigenvalue weighted by Gasteiger charge is -2.42. The first kappa shape index (κ1) is 12.2. The van der Waals surface area contributed by atoms with E-state index in [0.29, 0.717) is 17.0 Å². The van der Waals surface area contributed by atoms with Gasteiger partial charge in [0.25, 0.3) is 0 Å². The molecule has 2 rings (SSSR count). The maximum absolute atomic E-state index is 9.86. The number of nitrogens with one attached hydrogen (secondary N) is 1. The summed E-state index contributed by atoms with van der Waals surface area (Å²) in [6, 6.07) is 5.47. The first-order valence-corrected chi connectivity index (χ1v) is 6.30. The molecule has 3 heteroatoms. The van der Waals surface area contributed by atoms with E-state index in [2.05, 4.69) is 12.2 Å². The summed E-state index contributed by atoms with van der Waals surface area (Å²) < 4.78 is 5.07.